The number of likely N-dealkylation sites (tertiary alicyclic amines) is 1. The number of nitrogens with zero attached hydrogens (tertiary/aromatic N) is 1. The minimum atomic E-state index is -4.41. The van der Waals surface area contributed by atoms with Crippen LogP contribution in [0.3, 0.4) is 0 Å². The maximum atomic E-state index is 13.3. The van der Waals surface area contributed by atoms with Gasteiger partial charge >= 0.3 is 12.1 Å². The molecule has 0 radical (unpaired) electrons. The SMILES string of the molecule is CC(CCCN1CCC(NC(=O)c2ccccc2-c2ccc(C(F)(F)F)cc2)CC1)(CC(=O)OCCCN)c1ccccc1. The van der Waals surface area contributed by atoms with Crippen LogP contribution in [0.2, 0.25) is 0 Å². The van der Waals surface area contributed by atoms with Crippen molar-refractivity contribution in [2.45, 2.75) is 63.1 Å². The summed E-state index contributed by atoms with van der Waals surface area (Å²) in [5, 5.41) is 3.14. The Morgan fingerprint density at radius 1 is 0.909 bits per heavy atom. The Hall–Kier alpha value is -3.69. The summed E-state index contributed by atoms with van der Waals surface area (Å²) < 4.78 is 44.5. The Bertz CT molecular complexity index is 1360. The second-order valence-corrected chi connectivity index (χ2v) is 11.8. The van der Waals surface area contributed by atoms with Gasteiger partial charge in [-0.25, -0.2) is 0 Å². The molecule has 3 N–H and O–H groups in total. The number of alkyl halides is 3. The van der Waals surface area contributed by atoms with Crippen LogP contribution in [0.15, 0.2) is 78.9 Å². The number of benzene rings is 3. The van der Waals surface area contributed by atoms with Gasteiger partial charge in [0.2, 0.25) is 0 Å². The summed E-state index contributed by atoms with van der Waals surface area (Å²) in [5.41, 5.74) is 7.18. The third-order valence-electron chi connectivity index (χ3n) is 8.44. The predicted octanol–water partition coefficient (Wildman–Crippen LogP) is 6.59. The van der Waals surface area contributed by atoms with Crippen molar-refractivity contribution in [3.63, 3.8) is 0 Å². The molecule has 4 rings (SSSR count). The summed E-state index contributed by atoms with van der Waals surface area (Å²) in [5.74, 6) is -0.433. The fourth-order valence-electron chi connectivity index (χ4n) is 5.84. The van der Waals surface area contributed by atoms with Crippen molar-refractivity contribution in [2.24, 2.45) is 5.73 Å². The molecule has 1 unspecified atom stereocenters. The monoisotopic (exact) mass is 609 g/mol. The zero-order chi connectivity index (χ0) is 31.6. The number of rotatable bonds is 13. The molecule has 1 heterocycles. The van der Waals surface area contributed by atoms with Crippen LogP contribution in [0.5, 0.6) is 0 Å². The standard InChI is InChI=1S/C35H42F3N3O3/c1-34(27-9-3-2-4-10-27,25-32(42)44-24-8-20-39)19-7-21-41-22-17-29(18-23-41)40-33(43)31-12-6-5-11-30(31)26-13-15-28(16-14-26)35(36,37)38/h2-6,9-16,29H,7-8,17-25,39H2,1H3,(H,40,43). The fraction of sp³-hybridized carbons (Fsp3) is 0.429. The zero-order valence-corrected chi connectivity index (χ0v) is 25.2. The number of ether oxygens (including phenoxy) is 1. The van der Waals surface area contributed by atoms with E-state index in [0.717, 1.165) is 63.0 Å². The minimum absolute atomic E-state index is 0.0114. The molecule has 6 nitrogen and oxygen atoms in total. The van der Waals surface area contributed by atoms with Crippen LogP contribution in [-0.4, -0.2) is 55.6 Å². The molecule has 0 saturated carbocycles. The van der Waals surface area contributed by atoms with Crippen molar-refractivity contribution in [3.8, 4) is 11.1 Å². The van der Waals surface area contributed by atoms with Crippen molar-refractivity contribution in [2.75, 3.05) is 32.8 Å². The molecule has 0 aromatic heterocycles. The van der Waals surface area contributed by atoms with Crippen LogP contribution < -0.4 is 11.1 Å². The minimum Gasteiger partial charge on any atom is -0.466 e. The second-order valence-electron chi connectivity index (χ2n) is 11.8. The first-order chi connectivity index (χ1) is 21.1. The largest absolute Gasteiger partial charge is 0.466 e. The average molecular weight is 610 g/mol. The molecule has 236 valence electrons. The molecule has 1 aliphatic rings. The summed E-state index contributed by atoms with van der Waals surface area (Å²) in [6.45, 7) is 5.52. The van der Waals surface area contributed by atoms with Crippen LogP contribution >= 0.6 is 0 Å². The molecule has 0 bridgehead atoms. The molecule has 9 heteroatoms. The number of halogens is 3. The van der Waals surface area contributed by atoms with E-state index < -0.39 is 11.7 Å². The maximum absolute atomic E-state index is 13.3. The van der Waals surface area contributed by atoms with Gasteiger partial charge in [-0.3, -0.25) is 9.59 Å². The van der Waals surface area contributed by atoms with Crippen LogP contribution in [0.1, 0.15) is 66.9 Å². The first-order valence-corrected chi connectivity index (χ1v) is 15.3. The fourth-order valence-corrected chi connectivity index (χ4v) is 5.84. The van der Waals surface area contributed by atoms with Crippen LogP contribution in [0.4, 0.5) is 13.2 Å². The number of piperidine rings is 1. The van der Waals surface area contributed by atoms with E-state index in [2.05, 4.69) is 29.3 Å². The van der Waals surface area contributed by atoms with Crippen molar-refractivity contribution in [1.82, 2.24) is 10.2 Å². The molecule has 3 aromatic rings. The van der Waals surface area contributed by atoms with Gasteiger partial charge in [-0.2, -0.15) is 13.2 Å². The number of hydrogen-bond acceptors (Lipinski definition) is 5. The normalized spacial score (nSPS) is 15.8. The molecule has 0 aliphatic carbocycles. The topological polar surface area (TPSA) is 84.7 Å². The van der Waals surface area contributed by atoms with Gasteiger partial charge in [0.1, 0.15) is 0 Å². The third kappa shape index (κ3) is 9.16. The van der Waals surface area contributed by atoms with Crippen LogP contribution in [-0.2, 0) is 21.1 Å². The molecule has 3 aromatic carbocycles. The third-order valence-corrected chi connectivity index (χ3v) is 8.44. The van der Waals surface area contributed by atoms with E-state index in [1.807, 2.05) is 18.2 Å². The van der Waals surface area contributed by atoms with Gasteiger partial charge in [0.25, 0.3) is 5.91 Å². The highest BCUT2D eigenvalue weighted by Gasteiger charge is 2.32. The van der Waals surface area contributed by atoms with Gasteiger partial charge in [-0.1, -0.05) is 67.6 Å². The van der Waals surface area contributed by atoms with Gasteiger partial charge in [-0.05, 0) is 80.1 Å². The number of esters is 1. The molecule has 0 spiro atoms. The molecular weight excluding hydrogens is 567 g/mol. The summed E-state index contributed by atoms with van der Waals surface area (Å²) in [4.78, 5) is 28.2. The molecule has 1 saturated heterocycles. The van der Waals surface area contributed by atoms with Gasteiger partial charge in [-0.15, -0.1) is 0 Å². The Morgan fingerprint density at radius 2 is 1.57 bits per heavy atom. The van der Waals surface area contributed by atoms with E-state index in [-0.39, 0.29) is 23.3 Å². The number of nitrogens with one attached hydrogen (secondary N) is 1. The van der Waals surface area contributed by atoms with E-state index in [1.54, 1.807) is 24.3 Å². The molecule has 1 atom stereocenters. The average Bonchev–Trinajstić information content (AvgIpc) is 3.02. The van der Waals surface area contributed by atoms with Crippen molar-refractivity contribution < 1.29 is 27.5 Å². The lowest BCUT2D eigenvalue weighted by Gasteiger charge is -2.34. The number of carbonyl (C=O) groups excluding carboxylic acids is 2. The van der Waals surface area contributed by atoms with E-state index >= 15 is 0 Å². The summed E-state index contributed by atoms with van der Waals surface area (Å²) in [6.07, 6.45) is -0.0988. The van der Waals surface area contributed by atoms with E-state index in [4.69, 9.17) is 10.5 Å². The highest BCUT2D eigenvalue weighted by molar-refractivity contribution is 6.01. The van der Waals surface area contributed by atoms with Gasteiger partial charge in [0.05, 0.1) is 18.6 Å². The van der Waals surface area contributed by atoms with E-state index in [1.165, 1.54) is 12.1 Å². The number of amides is 1. The van der Waals surface area contributed by atoms with Gasteiger partial charge in [0.15, 0.2) is 0 Å². The Morgan fingerprint density at radius 3 is 2.23 bits per heavy atom. The lowest BCUT2D eigenvalue weighted by Crippen LogP contribution is -2.45. The van der Waals surface area contributed by atoms with Crippen LogP contribution in [0, 0.1) is 0 Å². The second kappa shape index (κ2) is 15.3. The molecule has 1 aliphatic heterocycles. The van der Waals surface area contributed by atoms with Crippen molar-refractivity contribution in [1.29, 1.82) is 0 Å². The number of nitrogens with two attached hydrogens (primary N) is 1. The highest BCUT2D eigenvalue weighted by atomic mass is 19.4. The Balaban J connectivity index is 1.29. The molecule has 44 heavy (non-hydrogen) atoms. The smallest absolute Gasteiger partial charge is 0.416 e. The first kappa shape index (κ1) is 33.2. The summed E-state index contributed by atoms with van der Waals surface area (Å²) in [6, 6.07) is 22.0. The zero-order valence-electron chi connectivity index (χ0n) is 25.2. The van der Waals surface area contributed by atoms with Crippen molar-refractivity contribution >= 4 is 11.9 Å². The van der Waals surface area contributed by atoms with Crippen LogP contribution in [0.25, 0.3) is 11.1 Å². The van der Waals surface area contributed by atoms with Crippen molar-refractivity contribution in [3.05, 3.63) is 95.6 Å². The molecular formula is C35H42F3N3O3. The quantitative estimate of drug-likeness (QED) is 0.169. The molecule has 1 amide bonds. The summed E-state index contributed by atoms with van der Waals surface area (Å²) >= 11 is 0. The first-order valence-electron chi connectivity index (χ1n) is 15.3. The van der Waals surface area contributed by atoms with Gasteiger partial charge < -0.3 is 20.7 Å². The lowest BCUT2D eigenvalue weighted by atomic mass is 9.76. The van der Waals surface area contributed by atoms with Gasteiger partial charge in [0, 0.05) is 30.1 Å². The Kier molecular flexibility index (Phi) is 11.6. The number of hydrogen-bond donors (Lipinski definition) is 2. The Labute approximate surface area is 257 Å². The number of carbonyl (C=O) groups is 2. The predicted molar refractivity (Wildman–Crippen MR) is 166 cm³/mol. The van der Waals surface area contributed by atoms with E-state index in [0.29, 0.717) is 42.7 Å². The highest BCUT2D eigenvalue weighted by Crippen LogP contribution is 2.34. The lowest BCUT2D eigenvalue weighted by molar-refractivity contribution is -0.145. The van der Waals surface area contributed by atoms with E-state index in [9.17, 15) is 22.8 Å². The summed E-state index contributed by atoms with van der Waals surface area (Å²) in [7, 11) is 0. The molecule has 1 fully saturated rings. The maximum Gasteiger partial charge on any atom is 0.416 e.